The highest BCUT2D eigenvalue weighted by molar-refractivity contribution is 9.10. The second-order valence-electron chi connectivity index (χ2n) is 7.58. The maximum Gasteiger partial charge on any atom is 0.261 e. The zero-order valence-corrected chi connectivity index (χ0v) is 21.8. The predicted octanol–water partition coefficient (Wildman–Crippen LogP) is 4.87. The normalized spacial score (nSPS) is 10.4. The standard InChI is InChI=1S/C26H26BrN3O4S/c1-30(17-18-8-4-3-5-9-18)25(32)20-10-6-7-11-22(20)28-26(35)29-24(31)21-16-19(27)12-13-23(21)34-15-14-33-2/h3-13,16H,14-15,17H2,1-2H3,(H2,28,29,31,35). The van der Waals surface area contributed by atoms with E-state index in [-0.39, 0.29) is 11.0 Å². The van der Waals surface area contributed by atoms with E-state index in [1.807, 2.05) is 30.3 Å². The molecule has 0 bridgehead atoms. The van der Waals surface area contributed by atoms with Gasteiger partial charge in [-0.15, -0.1) is 0 Å². The van der Waals surface area contributed by atoms with Crippen molar-refractivity contribution in [3.63, 3.8) is 0 Å². The van der Waals surface area contributed by atoms with Gasteiger partial charge in [0, 0.05) is 25.2 Å². The highest BCUT2D eigenvalue weighted by Gasteiger charge is 2.19. The number of carbonyl (C=O) groups is 2. The molecule has 0 atom stereocenters. The summed E-state index contributed by atoms with van der Waals surface area (Å²) in [5, 5.41) is 5.70. The second-order valence-corrected chi connectivity index (χ2v) is 8.91. The molecule has 7 nitrogen and oxygen atoms in total. The summed E-state index contributed by atoms with van der Waals surface area (Å²) in [5.74, 6) is -0.211. The molecule has 3 aromatic rings. The van der Waals surface area contributed by atoms with Gasteiger partial charge in [0.25, 0.3) is 11.8 Å². The van der Waals surface area contributed by atoms with Crippen molar-refractivity contribution < 1.29 is 19.1 Å². The molecule has 0 aliphatic rings. The van der Waals surface area contributed by atoms with E-state index < -0.39 is 5.91 Å². The monoisotopic (exact) mass is 555 g/mol. The molecule has 3 aromatic carbocycles. The van der Waals surface area contributed by atoms with Crippen LogP contribution in [0.5, 0.6) is 5.75 Å². The Kier molecular flexibility index (Phi) is 9.77. The largest absolute Gasteiger partial charge is 0.490 e. The Bertz CT molecular complexity index is 1190. The summed E-state index contributed by atoms with van der Waals surface area (Å²) >= 11 is 8.75. The van der Waals surface area contributed by atoms with Crippen molar-refractivity contribution in [2.75, 3.05) is 32.7 Å². The lowest BCUT2D eigenvalue weighted by atomic mass is 10.1. The number of amides is 2. The quantitative estimate of drug-likeness (QED) is 0.289. The fraction of sp³-hybridized carbons (Fsp3) is 0.192. The molecule has 0 aromatic heterocycles. The van der Waals surface area contributed by atoms with E-state index in [1.54, 1.807) is 61.5 Å². The molecule has 3 rings (SSSR count). The number of hydrogen-bond donors (Lipinski definition) is 2. The molecule has 35 heavy (non-hydrogen) atoms. The highest BCUT2D eigenvalue weighted by Crippen LogP contribution is 2.24. The first kappa shape index (κ1) is 26.3. The summed E-state index contributed by atoms with van der Waals surface area (Å²) in [4.78, 5) is 27.7. The number of methoxy groups -OCH3 is 1. The van der Waals surface area contributed by atoms with Crippen molar-refractivity contribution >= 4 is 50.8 Å². The van der Waals surface area contributed by atoms with Crippen molar-refractivity contribution in [2.24, 2.45) is 0 Å². The summed E-state index contributed by atoms with van der Waals surface area (Å²) in [6.45, 7) is 1.15. The van der Waals surface area contributed by atoms with Crippen molar-refractivity contribution in [3.05, 3.63) is 94.0 Å². The zero-order chi connectivity index (χ0) is 25.2. The molecule has 2 amide bonds. The first-order valence-electron chi connectivity index (χ1n) is 10.8. The van der Waals surface area contributed by atoms with Crippen LogP contribution in [0.15, 0.2) is 77.3 Å². The van der Waals surface area contributed by atoms with E-state index in [9.17, 15) is 9.59 Å². The van der Waals surface area contributed by atoms with Gasteiger partial charge in [0.05, 0.1) is 23.4 Å². The van der Waals surface area contributed by atoms with Crippen LogP contribution in [0.4, 0.5) is 5.69 Å². The zero-order valence-electron chi connectivity index (χ0n) is 19.4. The lowest BCUT2D eigenvalue weighted by Crippen LogP contribution is -2.35. The fourth-order valence-electron chi connectivity index (χ4n) is 3.28. The van der Waals surface area contributed by atoms with Crippen molar-refractivity contribution in [1.29, 1.82) is 0 Å². The average molecular weight is 556 g/mol. The number of anilines is 1. The van der Waals surface area contributed by atoms with Gasteiger partial charge in [-0.3, -0.25) is 14.9 Å². The Labute approximate surface area is 218 Å². The lowest BCUT2D eigenvalue weighted by molar-refractivity contribution is 0.0786. The minimum atomic E-state index is -0.443. The number of nitrogens with one attached hydrogen (secondary N) is 2. The number of thiocarbonyl (C=S) groups is 1. The number of nitrogens with zero attached hydrogens (tertiary/aromatic N) is 1. The number of benzene rings is 3. The minimum Gasteiger partial charge on any atom is -0.490 e. The van der Waals surface area contributed by atoms with Gasteiger partial charge in [-0.2, -0.15) is 0 Å². The number of rotatable bonds is 9. The van der Waals surface area contributed by atoms with Gasteiger partial charge in [0.1, 0.15) is 12.4 Å². The van der Waals surface area contributed by atoms with Crippen LogP contribution in [-0.4, -0.2) is 49.2 Å². The molecule has 0 saturated heterocycles. The van der Waals surface area contributed by atoms with Crippen LogP contribution in [0.25, 0.3) is 0 Å². The van der Waals surface area contributed by atoms with Gasteiger partial charge < -0.3 is 19.7 Å². The van der Waals surface area contributed by atoms with Crippen LogP contribution < -0.4 is 15.4 Å². The van der Waals surface area contributed by atoms with Crippen molar-refractivity contribution in [3.8, 4) is 5.75 Å². The van der Waals surface area contributed by atoms with Crippen LogP contribution in [-0.2, 0) is 11.3 Å². The van der Waals surface area contributed by atoms with Gasteiger partial charge in [0.15, 0.2) is 5.11 Å². The third kappa shape index (κ3) is 7.61. The molecule has 0 aliphatic heterocycles. The molecule has 182 valence electrons. The van der Waals surface area contributed by atoms with Crippen molar-refractivity contribution in [2.45, 2.75) is 6.54 Å². The molecule has 9 heteroatoms. The Morgan fingerprint density at radius 2 is 1.69 bits per heavy atom. The van der Waals surface area contributed by atoms with E-state index in [4.69, 9.17) is 21.7 Å². The molecule has 0 heterocycles. The van der Waals surface area contributed by atoms with E-state index >= 15 is 0 Å². The molecule has 0 radical (unpaired) electrons. The third-order valence-corrected chi connectivity index (χ3v) is 5.67. The molecule has 0 saturated carbocycles. The van der Waals surface area contributed by atoms with Crippen molar-refractivity contribution in [1.82, 2.24) is 10.2 Å². The van der Waals surface area contributed by atoms with Gasteiger partial charge >= 0.3 is 0 Å². The van der Waals surface area contributed by atoms with E-state index in [0.717, 1.165) is 10.0 Å². The van der Waals surface area contributed by atoms with E-state index in [2.05, 4.69) is 26.6 Å². The SMILES string of the molecule is COCCOc1ccc(Br)cc1C(=O)NC(=S)Nc1ccccc1C(=O)N(C)Cc1ccccc1. The molecule has 0 unspecified atom stereocenters. The van der Waals surface area contributed by atoms with Gasteiger partial charge in [-0.1, -0.05) is 58.4 Å². The Morgan fingerprint density at radius 3 is 2.43 bits per heavy atom. The predicted molar refractivity (Wildman–Crippen MR) is 144 cm³/mol. The Balaban J connectivity index is 1.70. The first-order chi connectivity index (χ1) is 16.9. The number of carbonyl (C=O) groups excluding carboxylic acids is 2. The average Bonchev–Trinajstić information content (AvgIpc) is 2.85. The summed E-state index contributed by atoms with van der Waals surface area (Å²) in [6, 6.07) is 21.9. The number of hydrogen-bond acceptors (Lipinski definition) is 5. The van der Waals surface area contributed by atoms with Crippen LogP contribution in [0, 0.1) is 0 Å². The minimum absolute atomic E-state index is 0.0591. The fourth-order valence-corrected chi connectivity index (χ4v) is 3.84. The van der Waals surface area contributed by atoms with Gasteiger partial charge in [-0.25, -0.2) is 0 Å². The molecular formula is C26H26BrN3O4S. The summed E-state index contributed by atoms with van der Waals surface area (Å²) in [5.41, 5.74) is 2.27. The summed E-state index contributed by atoms with van der Waals surface area (Å²) in [7, 11) is 3.31. The Hall–Kier alpha value is -3.27. The third-order valence-electron chi connectivity index (χ3n) is 4.97. The van der Waals surface area contributed by atoms with Crippen LogP contribution in [0.1, 0.15) is 26.3 Å². The molecule has 0 fully saturated rings. The highest BCUT2D eigenvalue weighted by atomic mass is 79.9. The molecular weight excluding hydrogens is 530 g/mol. The maximum absolute atomic E-state index is 13.1. The van der Waals surface area contributed by atoms with Gasteiger partial charge in [-0.05, 0) is 48.1 Å². The Morgan fingerprint density at radius 1 is 0.971 bits per heavy atom. The number of ether oxygens (including phenoxy) is 2. The van der Waals surface area contributed by atoms with E-state index in [0.29, 0.717) is 42.3 Å². The molecule has 2 N–H and O–H groups in total. The number of halogens is 1. The first-order valence-corrected chi connectivity index (χ1v) is 12.0. The summed E-state index contributed by atoms with van der Waals surface area (Å²) in [6.07, 6.45) is 0. The smallest absolute Gasteiger partial charge is 0.261 e. The van der Waals surface area contributed by atoms with Crippen LogP contribution in [0.2, 0.25) is 0 Å². The molecule has 0 aliphatic carbocycles. The summed E-state index contributed by atoms with van der Waals surface area (Å²) < 4.78 is 11.4. The lowest BCUT2D eigenvalue weighted by Gasteiger charge is -2.20. The number of para-hydroxylation sites is 1. The van der Waals surface area contributed by atoms with Crippen LogP contribution >= 0.6 is 28.1 Å². The maximum atomic E-state index is 13.1. The second kappa shape index (κ2) is 13.0. The van der Waals surface area contributed by atoms with Crippen LogP contribution in [0.3, 0.4) is 0 Å². The topological polar surface area (TPSA) is 79.9 Å². The molecule has 0 spiro atoms. The van der Waals surface area contributed by atoms with Gasteiger partial charge in [0.2, 0.25) is 0 Å². The van der Waals surface area contributed by atoms with E-state index in [1.165, 1.54) is 0 Å².